The number of nitrogens with zero attached hydrogens (tertiary/aromatic N) is 1. The molecular weight excluding hydrogens is 425 g/mol. The molecule has 0 spiro atoms. The topological polar surface area (TPSA) is 68.2 Å². The summed E-state index contributed by atoms with van der Waals surface area (Å²) < 4.78 is 17.9. The van der Waals surface area contributed by atoms with Crippen LogP contribution in [0.25, 0.3) is 0 Å². The van der Waals surface area contributed by atoms with Crippen LogP contribution in [0.15, 0.2) is 24.3 Å². The van der Waals surface area contributed by atoms with Gasteiger partial charge in [-0.2, -0.15) is 0 Å². The first kappa shape index (κ1) is 21.1. The molecule has 1 aromatic carbocycles. The summed E-state index contributed by atoms with van der Waals surface area (Å²) in [7, 11) is 1.56. The Bertz CT molecular complexity index is 494. The first-order valence-corrected chi connectivity index (χ1v) is 8.79. The van der Waals surface area contributed by atoms with E-state index in [1.165, 1.54) is 6.92 Å². The maximum Gasteiger partial charge on any atom is 0.303 e. The van der Waals surface area contributed by atoms with E-state index in [0.29, 0.717) is 24.9 Å². The van der Waals surface area contributed by atoms with Crippen LogP contribution in [0.1, 0.15) is 32.4 Å². The third-order valence-electron chi connectivity index (χ3n) is 3.27. The van der Waals surface area contributed by atoms with E-state index in [0.717, 1.165) is 5.56 Å². The number of carbonyl (C=O) groups is 1. The van der Waals surface area contributed by atoms with Crippen molar-refractivity contribution in [1.82, 2.24) is 3.11 Å². The Morgan fingerprint density at radius 3 is 2.38 bits per heavy atom. The number of halogens is 1. The van der Waals surface area contributed by atoms with E-state index < -0.39 is 12.2 Å². The smallest absolute Gasteiger partial charge is 0.303 e. The van der Waals surface area contributed by atoms with Crippen molar-refractivity contribution in [3.8, 4) is 5.75 Å². The molecule has 0 radical (unpaired) electrons. The van der Waals surface area contributed by atoms with Gasteiger partial charge in [-0.25, -0.2) is 3.11 Å². The number of aliphatic hydroxyl groups is 1. The number of benzene rings is 1. The Morgan fingerprint density at radius 2 is 1.88 bits per heavy atom. The van der Waals surface area contributed by atoms with Crippen LogP contribution in [-0.2, 0) is 14.3 Å². The van der Waals surface area contributed by atoms with Gasteiger partial charge in [-0.05, 0) is 31.5 Å². The first-order chi connectivity index (χ1) is 11.3. The molecule has 7 heteroatoms. The zero-order valence-electron chi connectivity index (χ0n) is 14.6. The summed E-state index contributed by atoms with van der Waals surface area (Å²) in [5.74, 6) is 0.301. The maximum atomic E-state index is 11.1. The van der Waals surface area contributed by atoms with Crippen molar-refractivity contribution in [3.05, 3.63) is 29.8 Å². The number of esters is 1. The quantitative estimate of drug-likeness (QED) is 0.335. The van der Waals surface area contributed by atoms with E-state index in [1.54, 1.807) is 19.2 Å². The maximum absolute atomic E-state index is 11.1. The zero-order chi connectivity index (χ0) is 18.1. The van der Waals surface area contributed by atoms with Crippen molar-refractivity contribution in [2.24, 2.45) is 0 Å². The molecule has 2 atom stereocenters. The fraction of sp³-hybridized carbons (Fsp3) is 0.588. The standard InChI is InChI=1S/C17H26INO5/c1-12(2)19(18)9-15(21)10-23-16-7-5-14(6-8-16)17(11-22-4)24-13(3)20/h5-8,12,15,17,21H,9-11H2,1-4H3. The third-order valence-corrected chi connectivity index (χ3v) is 4.77. The summed E-state index contributed by atoms with van der Waals surface area (Å²) in [4.78, 5) is 11.1. The fourth-order valence-corrected chi connectivity index (χ4v) is 2.44. The lowest BCUT2D eigenvalue weighted by Gasteiger charge is -2.22. The van der Waals surface area contributed by atoms with Gasteiger partial charge in [-0.1, -0.05) is 12.1 Å². The van der Waals surface area contributed by atoms with Crippen molar-refractivity contribution in [2.45, 2.75) is 39.0 Å². The highest BCUT2D eigenvalue weighted by atomic mass is 127. The molecule has 136 valence electrons. The van der Waals surface area contributed by atoms with E-state index in [-0.39, 0.29) is 12.6 Å². The molecule has 0 fully saturated rings. The minimum atomic E-state index is -0.564. The summed E-state index contributed by atoms with van der Waals surface area (Å²) in [5, 5.41) is 10.00. The molecule has 0 bridgehead atoms. The molecule has 0 saturated heterocycles. The largest absolute Gasteiger partial charge is 0.491 e. The van der Waals surface area contributed by atoms with E-state index in [4.69, 9.17) is 14.2 Å². The van der Waals surface area contributed by atoms with E-state index in [1.807, 2.05) is 15.2 Å². The Labute approximate surface area is 157 Å². The SMILES string of the molecule is COCC(OC(C)=O)c1ccc(OCC(O)CN(I)C(C)C)cc1. The second-order valence-corrected chi connectivity index (χ2v) is 7.00. The minimum absolute atomic E-state index is 0.219. The van der Waals surface area contributed by atoms with Crippen LogP contribution in [0.4, 0.5) is 0 Å². The summed E-state index contributed by atoms with van der Waals surface area (Å²) >= 11 is 2.19. The molecule has 6 nitrogen and oxygen atoms in total. The molecular formula is C17H26INO5. The summed E-state index contributed by atoms with van der Waals surface area (Å²) in [6.45, 7) is 6.56. The first-order valence-electron chi connectivity index (χ1n) is 7.82. The van der Waals surface area contributed by atoms with Crippen LogP contribution in [-0.4, -0.2) is 53.2 Å². The average Bonchev–Trinajstić information content (AvgIpc) is 2.52. The number of hydrogen-bond acceptors (Lipinski definition) is 6. The van der Waals surface area contributed by atoms with Gasteiger partial charge < -0.3 is 19.3 Å². The van der Waals surface area contributed by atoms with Crippen LogP contribution >= 0.6 is 22.9 Å². The van der Waals surface area contributed by atoms with Gasteiger partial charge in [0.1, 0.15) is 18.5 Å². The van der Waals surface area contributed by atoms with Crippen LogP contribution in [0.2, 0.25) is 0 Å². The molecule has 0 saturated carbocycles. The van der Waals surface area contributed by atoms with Crippen LogP contribution in [0, 0.1) is 0 Å². The number of carbonyl (C=O) groups excluding carboxylic acids is 1. The minimum Gasteiger partial charge on any atom is -0.491 e. The molecule has 2 unspecified atom stereocenters. The summed E-state index contributed by atoms with van der Waals surface area (Å²) in [5.41, 5.74) is 0.832. The number of methoxy groups -OCH3 is 1. The molecule has 0 aliphatic heterocycles. The number of ether oxygens (including phenoxy) is 3. The average molecular weight is 451 g/mol. The van der Waals surface area contributed by atoms with E-state index >= 15 is 0 Å². The van der Waals surface area contributed by atoms with Crippen LogP contribution in [0.3, 0.4) is 0 Å². The highest BCUT2D eigenvalue weighted by Gasteiger charge is 2.15. The third kappa shape index (κ3) is 7.78. The Hall–Kier alpha value is -0.900. The number of rotatable bonds is 10. The van der Waals surface area contributed by atoms with Crippen molar-refractivity contribution < 1.29 is 24.1 Å². The monoisotopic (exact) mass is 451 g/mol. The van der Waals surface area contributed by atoms with Gasteiger partial charge in [0.2, 0.25) is 0 Å². The van der Waals surface area contributed by atoms with Gasteiger partial charge in [0.15, 0.2) is 6.10 Å². The van der Waals surface area contributed by atoms with Gasteiger partial charge in [0.05, 0.1) is 6.61 Å². The van der Waals surface area contributed by atoms with Gasteiger partial charge in [-0.15, -0.1) is 0 Å². The lowest BCUT2D eigenvalue weighted by molar-refractivity contribution is -0.149. The Morgan fingerprint density at radius 1 is 1.25 bits per heavy atom. The molecule has 1 rings (SSSR count). The van der Waals surface area contributed by atoms with Crippen LogP contribution in [0.5, 0.6) is 5.75 Å². The second-order valence-electron chi connectivity index (χ2n) is 5.76. The van der Waals surface area contributed by atoms with Gasteiger partial charge in [-0.3, -0.25) is 4.79 Å². The fourth-order valence-electron chi connectivity index (χ4n) is 1.99. The molecule has 0 aromatic heterocycles. The predicted octanol–water partition coefficient (Wildman–Crippen LogP) is 2.74. The highest BCUT2D eigenvalue weighted by molar-refractivity contribution is 14.1. The molecule has 1 N–H and O–H groups in total. The number of aliphatic hydroxyl groups excluding tert-OH is 1. The molecule has 24 heavy (non-hydrogen) atoms. The predicted molar refractivity (Wildman–Crippen MR) is 100 cm³/mol. The van der Waals surface area contributed by atoms with Crippen molar-refractivity contribution >= 4 is 28.8 Å². The van der Waals surface area contributed by atoms with Gasteiger partial charge in [0, 0.05) is 49.5 Å². The second kappa shape index (κ2) is 10.9. The molecule has 0 amide bonds. The molecule has 0 aliphatic rings. The normalized spacial score (nSPS) is 13.8. The number of hydrogen-bond donors (Lipinski definition) is 1. The summed E-state index contributed by atoms with van der Waals surface area (Å²) in [6.07, 6.45) is -1.00. The van der Waals surface area contributed by atoms with Gasteiger partial charge >= 0.3 is 5.97 Å². The van der Waals surface area contributed by atoms with Crippen molar-refractivity contribution in [2.75, 3.05) is 26.9 Å². The van der Waals surface area contributed by atoms with Gasteiger partial charge in [0.25, 0.3) is 0 Å². The van der Waals surface area contributed by atoms with E-state index in [9.17, 15) is 9.90 Å². The Kier molecular flexibility index (Phi) is 9.57. The zero-order valence-corrected chi connectivity index (χ0v) is 16.7. The Balaban J connectivity index is 2.55. The summed E-state index contributed by atoms with van der Waals surface area (Å²) in [6, 6.07) is 7.59. The molecule has 0 aliphatic carbocycles. The molecule has 0 heterocycles. The van der Waals surface area contributed by atoms with Crippen molar-refractivity contribution in [1.29, 1.82) is 0 Å². The lowest BCUT2D eigenvalue weighted by Crippen LogP contribution is -2.33. The highest BCUT2D eigenvalue weighted by Crippen LogP contribution is 2.21. The molecule has 1 aromatic rings. The van der Waals surface area contributed by atoms with E-state index in [2.05, 4.69) is 36.7 Å². The lowest BCUT2D eigenvalue weighted by atomic mass is 10.1. The van der Waals surface area contributed by atoms with Crippen LogP contribution < -0.4 is 4.74 Å². The van der Waals surface area contributed by atoms with Crippen molar-refractivity contribution in [3.63, 3.8) is 0 Å².